The number of allylic oxidation sites excluding steroid dienone is 1. The van der Waals surface area contributed by atoms with E-state index in [4.69, 9.17) is 0 Å². The van der Waals surface area contributed by atoms with Crippen LogP contribution >= 0.6 is 0 Å². The van der Waals surface area contributed by atoms with E-state index in [1.807, 2.05) is 19.9 Å². The van der Waals surface area contributed by atoms with Gasteiger partial charge in [-0.1, -0.05) is 88.7 Å². The number of likely N-dealkylation sites (tertiary alicyclic amines) is 1. The number of hydrogen-bond donors (Lipinski definition) is 1. The molecule has 1 saturated heterocycles. The van der Waals surface area contributed by atoms with Crippen LogP contribution in [0.15, 0.2) is 73.5 Å². The quantitative estimate of drug-likeness (QED) is 0.543. The number of hydrogen-bond acceptors (Lipinski definition) is 2. The molecule has 0 amide bonds. The largest absolute Gasteiger partial charge is 0.371 e. The molecule has 2 atom stereocenters. The van der Waals surface area contributed by atoms with Gasteiger partial charge in [0.15, 0.2) is 0 Å². The number of anilines is 1. The van der Waals surface area contributed by atoms with Gasteiger partial charge in [-0.05, 0) is 47.9 Å². The normalized spacial score (nSPS) is 20.4. The first kappa shape index (κ1) is 22.2. The van der Waals surface area contributed by atoms with Crippen LogP contribution in [-0.2, 0) is 6.42 Å². The minimum absolute atomic E-state index is 0.839. The second-order valence-electron chi connectivity index (χ2n) is 8.45. The van der Waals surface area contributed by atoms with E-state index < -0.39 is 0 Å². The van der Waals surface area contributed by atoms with Crippen LogP contribution in [0.5, 0.6) is 0 Å². The Morgan fingerprint density at radius 2 is 1.57 bits per heavy atom. The van der Waals surface area contributed by atoms with E-state index in [1.54, 1.807) is 0 Å². The first-order valence-electron chi connectivity index (χ1n) is 11.7. The maximum absolute atomic E-state index is 4.42. The maximum atomic E-state index is 4.42. The van der Waals surface area contributed by atoms with Crippen LogP contribution in [0.2, 0.25) is 0 Å². The van der Waals surface area contributed by atoms with Gasteiger partial charge in [0.2, 0.25) is 0 Å². The lowest BCUT2D eigenvalue weighted by Gasteiger charge is -2.43. The van der Waals surface area contributed by atoms with Crippen molar-refractivity contribution in [2.75, 3.05) is 18.4 Å². The summed E-state index contributed by atoms with van der Waals surface area (Å²) in [7, 11) is 0. The Morgan fingerprint density at radius 1 is 0.900 bits per heavy atom. The van der Waals surface area contributed by atoms with E-state index in [9.17, 15) is 0 Å². The van der Waals surface area contributed by atoms with Crippen molar-refractivity contribution in [2.24, 2.45) is 11.8 Å². The number of fused-ring (bicyclic) bond motifs is 1. The molecule has 2 unspecified atom stereocenters. The van der Waals surface area contributed by atoms with E-state index in [1.165, 1.54) is 55.5 Å². The highest BCUT2D eigenvalue weighted by Crippen LogP contribution is 2.38. The van der Waals surface area contributed by atoms with E-state index in [0.717, 1.165) is 36.2 Å². The van der Waals surface area contributed by atoms with Gasteiger partial charge in [0.1, 0.15) is 0 Å². The molecule has 1 aliphatic carbocycles. The second-order valence-corrected chi connectivity index (χ2v) is 8.45. The summed E-state index contributed by atoms with van der Waals surface area (Å²) in [6.45, 7) is 15.0. The molecule has 1 saturated carbocycles. The van der Waals surface area contributed by atoms with E-state index >= 15 is 0 Å². The van der Waals surface area contributed by atoms with Crippen LogP contribution in [-0.4, -0.2) is 18.0 Å². The van der Waals surface area contributed by atoms with Crippen LogP contribution < -0.4 is 5.32 Å². The Morgan fingerprint density at radius 3 is 2.27 bits per heavy atom. The summed E-state index contributed by atoms with van der Waals surface area (Å²) >= 11 is 0. The third-order valence-electron chi connectivity index (χ3n) is 6.47. The fourth-order valence-electron chi connectivity index (χ4n) is 4.87. The summed E-state index contributed by atoms with van der Waals surface area (Å²) < 4.78 is 0. The number of benzene rings is 2. The highest BCUT2D eigenvalue weighted by Gasteiger charge is 2.31. The molecule has 2 aromatic carbocycles. The Hall–Kier alpha value is -2.48. The minimum atomic E-state index is 0.839. The predicted octanol–water partition coefficient (Wildman–Crippen LogP) is 7.36. The number of piperidine rings is 1. The summed E-state index contributed by atoms with van der Waals surface area (Å²) in [4.78, 5) is 2.52. The molecule has 2 nitrogen and oxygen atoms in total. The van der Waals surface area contributed by atoms with Gasteiger partial charge in [0.05, 0.1) is 0 Å². The van der Waals surface area contributed by atoms with Gasteiger partial charge in [0, 0.05) is 36.6 Å². The lowest BCUT2D eigenvalue weighted by atomic mass is 9.75. The Bertz CT molecular complexity index is 806. The lowest BCUT2D eigenvalue weighted by molar-refractivity contribution is 0.124. The van der Waals surface area contributed by atoms with Crippen LogP contribution in [0.25, 0.3) is 5.70 Å². The molecule has 2 aliphatic rings. The molecule has 2 fully saturated rings. The molecule has 2 heteroatoms. The average Bonchev–Trinajstić information content (AvgIpc) is 2.81. The zero-order valence-electron chi connectivity index (χ0n) is 18.9. The van der Waals surface area contributed by atoms with Gasteiger partial charge in [-0.3, -0.25) is 0 Å². The van der Waals surface area contributed by atoms with Crippen molar-refractivity contribution in [1.29, 1.82) is 0 Å². The van der Waals surface area contributed by atoms with Gasteiger partial charge in [-0.25, -0.2) is 0 Å². The van der Waals surface area contributed by atoms with Crippen molar-refractivity contribution in [3.63, 3.8) is 0 Å². The summed E-state index contributed by atoms with van der Waals surface area (Å²) in [5, 5.41) is 3.44. The van der Waals surface area contributed by atoms with Crippen molar-refractivity contribution < 1.29 is 0 Å². The van der Waals surface area contributed by atoms with Crippen LogP contribution in [0, 0.1) is 11.8 Å². The molecule has 1 aliphatic heterocycles. The Balaban J connectivity index is 0.00000124. The minimum Gasteiger partial charge on any atom is -0.371 e. The van der Waals surface area contributed by atoms with Crippen molar-refractivity contribution >= 4 is 11.4 Å². The zero-order valence-corrected chi connectivity index (χ0v) is 18.9. The molecule has 1 N–H and O–H groups in total. The number of nitrogens with zero attached hydrogens (tertiary/aromatic N) is 1. The predicted molar refractivity (Wildman–Crippen MR) is 131 cm³/mol. The smallest absolute Gasteiger partial charge is 0.0382 e. The van der Waals surface area contributed by atoms with Gasteiger partial charge < -0.3 is 10.2 Å². The summed E-state index contributed by atoms with van der Waals surface area (Å²) in [5.74, 6) is 1.83. The molecular weight excluding hydrogens is 364 g/mol. The third kappa shape index (κ3) is 5.78. The zero-order chi connectivity index (χ0) is 21.3. The average molecular weight is 403 g/mol. The summed E-state index contributed by atoms with van der Waals surface area (Å²) in [5.41, 5.74) is 5.78. The van der Waals surface area contributed by atoms with Gasteiger partial charge >= 0.3 is 0 Å². The molecule has 0 bridgehead atoms. The molecule has 0 spiro atoms. The van der Waals surface area contributed by atoms with Crippen molar-refractivity contribution in [3.8, 4) is 0 Å². The monoisotopic (exact) mass is 402 g/mol. The molecule has 30 heavy (non-hydrogen) atoms. The Kier molecular flexibility index (Phi) is 8.19. The Labute approximate surface area is 183 Å². The molecule has 1 heterocycles. The number of rotatable bonds is 6. The van der Waals surface area contributed by atoms with E-state index in [2.05, 4.69) is 71.9 Å². The molecule has 0 radical (unpaired) electrons. The van der Waals surface area contributed by atoms with E-state index in [0.29, 0.717) is 0 Å². The standard InChI is InChI=1S/C26H32N2.C2H6/c1-20(18-22-8-4-3-5-9-22)27-26-14-12-23(13-15-26)21(2)28-17-16-24-10-6-7-11-25(24)19-28;1-2/h3-5,8-9,12-15,24-25,27H,1-2,6-7,10-11,16-19H2;1-2H3. The first-order valence-corrected chi connectivity index (χ1v) is 11.7. The fraction of sp³-hybridized carbons (Fsp3) is 0.429. The SMILES string of the molecule is C=C(Cc1ccccc1)Nc1ccc(C(=C)N2CCC3CCCCC3C2)cc1.CC. The van der Waals surface area contributed by atoms with Gasteiger partial charge in [-0.15, -0.1) is 0 Å². The molecule has 2 aromatic rings. The van der Waals surface area contributed by atoms with Crippen LogP contribution in [0.3, 0.4) is 0 Å². The summed E-state index contributed by atoms with van der Waals surface area (Å²) in [6, 6.07) is 19.1. The number of nitrogens with one attached hydrogen (secondary N) is 1. The van der Waals surface area contributed by atoms with Crippen molar-refractivity contribution in [3.05, 3.63) is 84.6 Å². The van der Waals surface area contributed by atoms with Crippen LogP contribution in [0.1, 0.15) is 57.1 Å². The molecule has 0 aromatic heterocycles. The highest BCUT2D eigenvalue weighted by molar-refractivity contribution is 5.65. The lowest BCUT2D eigenvalue weighted by Crippen LogP contribution is -2.40. The van der Waals surface area contributed by atoms with Crippen molar-refractivity contribution in [1.82, 2.24) is 4.90 Å². The topological polar surface area (TPSA) is 15.3 Å². The van der Waals surface area contributed by atoms with Gasteiger partial charge in [0.25, 0.3) is 0 Å². The molecule has 160 valence electrons. The van der Waals surface area contributed by atoms with Crippen molar-refractivity contribution in [2.45, 2.75) is 52.4 Å². The third-order valence-corrected chi connectivity index (χ3v) is 6.47. The molecular formula is C28H38N2. The highest BCUT2D eigenvalue weighted by atomic mass is 15.1. The van der Waals surface area contributed by atoms with Crippen LogP contribution in [0.4, 0.5) is 5.69 Å². The molecule has 4 rings (SSSR count). The second kappa shape index (κ2) is 11.1. The summed E-state index contributed by atoms with van der Waals surface area (Å²) in [6.07, 6.45) is 7.87. The fourth-order valence-corrected chi connectivity index (χ4v) is 4.87. The van der Waals surface area contributed by atoms with Gasteiger partial charge in [-0.2, -0.15) is 0 Å². The van der Waals surface area contributed by atoms with E-state index in [-0.39, 0.29) is 0 Å². The first-order chi connectivity index (χ1) is 14.7. The maximum Gasteiger partial charge on any atom is 0.0382 e.